The normalized spacial score (nSPS) is 10.2. The zero-order valence-corrected chi connectivity index (χ0v) is 13.2. The van der Waals surface area contributed by atoms with Crippen molar-refractivity contribution in [2.45, 2.75) is 60.8 Å². The zero-order valence-electron chi connectivity index (χ0n) is 10.4. The summed E-state index contributed by atoms with van der Waals surface area (Å²) in [4.78, 5) is 0. The molecule has 0 aliphatic carbocycles. The summed E-state index contributed by atoms with van der Waals surface area (Å²) in [5, 5.41) is 0. The molecule has 1 radical (unpaired) electrons. The molecule has 0 amide bonds. The van der Waals surface area contributed by atoms with E-state index in [-0.39, 0.29) is 32.7 Å². The van der Waals surface area contributed by atoms with Crippen LogP contribution in [0.2, 0.25) is 0 Å². The fraction of sp³-hybridized carbons (Fsp3) is 0.833. The van der Waals surface area contributed by atoms with Gasteiger partial charge in [-0.05, 0) is 5.41 Å². The van der Waals surface area contributed by atoms with Crippen LogP contribution in [0.5, 0.6) is 0 Å². The van der Waals surface area contributed by atoms with E-state index < -0.39 is 0 Å². The molecule has 0 aliphatic heterocycles. The Morgan fingerprint density at radius 2 is 1.38 bits per heavy atom. The van der Waals surface area contributed by atoms with Crippen LogP contribution in [0.25, 0.3) is 0 Å². The molecule has 13 heavy (non-hydrogen) atoms. The van der Waals surface area contributed by atoms with Crippen LogP contribution in [0, 0.1) is 18.3 Å². The molecule has 79 valence electrons. The van der Waals surface area contributed by atoms with Gasteiger partial charge >= 0.3 is 0 Å². The van der Waals surface area contributed by atoms with E-state index in [1.807, 2.05) is 0 Å². The summed E-state index contributed by atoms with van der Waals surface area (Å²) in [6, 6.07) is 0. The Kier molecular flexibility index (Phi) is 16.9. The van der Waals surface area contributed by atoms with Gasteiger partial charge in [-0.3, -0.25) is 0 Å². The number of hydrogen-bond acceptors (Lipinski definition) is 0. The molecule has 0 rings (SSSR count). The maximum atomic E-state index is 3.79. The first kappa shape index (κ1) is 19.6. The van der Waals surface area contributed by atoms with Crippen molar-refractivity contribution in [1.29, 1.82) is 0 Å². The minimum absolute atomic E-state index is 0. The van der Waals surface area contributed by atoms with E-state index in [2.05, 4.69) is 48.5 Å². The molecule has 1 heteroatoms. The fourth-order valence-electron chi connectivity index (χ4n) is 0.655. The zero-order chi connectivity index (χ0) is 10.2. The van der Waals surface area contributed by atoms with Gasteiger partial charge in [0.1, 0.15) is 0 Å². The summed E-state index contributed by atoms with van der Waals surface area (Å²) < 4.78 is 0. The summed E-state index contributed by atoms with van der Waals surface area (Å²) in [5.41, 5.74) is 0.512. The number of rotatable bonds is 2. The molecule has 0 fully saturated rings. The molecule has 0 aromatic carbocycles. The summed E-state index contributed by atoms with van der Waals surface area (Å²) >= 11 is 0. The summed E-state index contributed by atoms with van der Waals surface area (Å²) in [7, 11) is 0. The Hall–Kier alpha value is 1.10. The molecule has 0 atom stereocenters. The van der Waals surface area contributed by atoms with Crippen molar-refractivity contribution in [2.24, 2.45) is 5.41 Å². The van der Waals surface area contributed by atoms with Gasteiger partial charge in [-0.15, -0.1) is 0 Å². The number of unbranched alkanes of at least 4 members (excludes halogenated alkanes) is 1. The maximum Gasteiger partial charge on any atom is 0 e. The molecule has 0 aromatic heterocycles. The largest absolute Gasteiger partial charge is 0.343 e. The maximum absolute atomic E-state index is 3.79. The topological polar surface area (TPSA) is 0 Å². The van der Waals surface area contributed by atoms with Crippen LogP contribution in [0.15, 0.2) is 0 Å². The van der Waals surface area contributed by atoms with Crippen LogP contribution in [0.4, 0.5) is 0 Å². The molecule has 0 N–H and O–H groups in total. The predicted octanol–water partition coefficient (Wildman–Crippen LogP) is 4.65. The number of hydrogen-bond donors (Lipinski definition) is 0. The van der Waals surface area contributed by atoms with Gasteiger partial charge in [0.05, 0.1) is 0 Å². The second-order valence-corrected chi connectivity index (χ2v) is 5.02. The molecule has 0 aliphatic rings. The van der Waals surface area contributed by atoms with E-state index in [9.17, 15) is 0 Å². The van der Waals surface area contributed by atoms with E-state index in [1.165, 1.54) is 18.8 Å². The Bertz CT molecular complexity index is 76.9. The molecule has 0 spiro atoms. The third kappa shape index (κ3) is 43.4. The van der Waals surface area contributed by atoms with Crippen molar-refractivity contribution < 1.29 is 32.7 Å². The van der Waals surface area contributed by atoms with Gasteiger partial charge in [-0.25, -0.2) is 0 Å². The SMILES string of the molecule is C[C-](C)C.[CH2-]CCCC(C)(C)C.[Y]. The molecule has 0 saturated heterocycles. The first-order chi connectivity index (χ1) is 5.29. The monoisotopic (exact) mass is 259 g/mol. The van der Waals surface area contributed by atoms with Crippen LogP contribution < -0.4 is 0 Å². The van der Waals surface area contributed by atoms with Crippen LogP contribution in [-0.4, -0.2) is 0 Å². The van der Waals surface area contributed by atoms with E-state index in [0.717, 1.165) is 6.42 Å². The average Bonchev–Trinajstić information content (AvgIpc) is 1.80. The summed E-state index contributed by atoms with van der Waals surface area (Å²) in [5.74, 6) is 1.42. The standard InChI is InChI=1S/C8H17.C4H9.Y/c1-5-6-7-8(2,3)4;1-4(2)3;/h1,5-7H2,2-4H3;1-3H3;/q2*-1;. The Morgan fingerprint density at radius 1 is 1.08 bits per heavy atom. The van der Waals surface area contributed by atoms with Crippen molar-refractivity contribution in [3.8, 4) is 0 Å². The van der Waals surface area contributed by atoms with Crippen molar-refractivity contribution >= 4 is 0 Å². The molecule has 0 aromatic rings. The van der Waals surface area contributed by atoms with Gasteiger partial charge in [-0.2, -0.15) is 27.2 Å². The molecule has 0 unspecified atom stereocenters. The summed E-state index contributed by atoms with van der Waals surface area (Å²) in [6.45, 7) is 16.8. The van der Waals surface area contributed by atoms with Gasteiger partial charge in [0.2, 0.25) is 0 Å². The van der Waals surface area contributed by atoms with E-state index in [0.29, 0.717) is 5.41 Å². The van der Waals surface area contributed by atoms with Crippen molar-refractivity contribution in [3.63, 3.8) is 0 Å². The minimum atomic E-state index is 0. The van der Waals surface area contributed by atoms with E-state index in [4.69, 9.17) is 0 Å². The van der Waals surface area contributed by atoms with Gasteiger partial charge < -0.3 is 12.8 Å². The Balaban J connectivity index is -0.000000173. The van der Waals surface area contributed by atoms with Crippen molar-refractivity contribution in [1.82, 2.24) is 0 Å². The molecule has 0 saturated carbocycles. The van der Waals surface area contributed by atoms with Gasteiger partial charge in [-0.1, -0.05) is 33.6 Å². The van der Waals surface area contributed by atoms with Crippen LogP contribution in [0.3, 0.4) is 0 Å². The minimum Gasteiger partial charge on any atom is -0.343 e. The van der Waals surface area contributed by atoms with Gasteiger partial charge in [0, 0.05) is 32.7 Å². The van der Waals surface area contributed by atoms with Crippen molar-refractivity contribution in [2.75, 3.05) is 0 Å². The molecule has 0 bridgehead atoms. The molecular formula is C12H26Y-2. The first-order valence-electron chi connectivity index (χ1n) is 4.85. The predicted molar refractivity (Wildman–Crippen MR) is 58.9 cm³/mol. The average molecular weight is 259 g/mol. The third-order valence-electron chi connectivity index (χ3n) is 1.18. The van der Waals surface area contributed by atoms with E-state index in [1.54, 1.807) is 0 Å². The quantitative estimate of drug-likeness (QED) is 0.633. The Morgan fingerprint density at radius 3 is 1.46 bits per heavy atom. The Labute approximate surface area is 111 Å². The fourth-order valence-corrected chi connectivity index (χ4v) is 0.655. The van der Waals surface area contributed by atoms with Crippen molar-refractivity contribution in [3.05, 3.63) is 12.8 Å². The second kappa shape index (κ2) is 11.2. The smallest absolute Gasteiger partial charge is 0 e. The van der Waals surface area contributed by atoms with Crippen LogP contribution in [-0.2, 0) is 32.7 Å². The first-order valence-corrected chi connectivity index (χ1v) is 4.85. The van der Waals surface area contributed by atoms with Crippen LogP contribution >= 0.6 is 0 Å². The molecule has 0 heterocycles. The van der Waals surface area contributed by atoms with E-state index >= 15 is 0 Å². The van der Waals surface area contributed by atoms with Crippen LogP contribution in [0.1, 0.15) is 60.8 Å². The van der Waals surface area contributed by atoms with Gasteiger partial charge in [0.15, 0.2) is 0 Å². The third-order valence-corrected chi connectivity index (χ3v) is 1.18. The molecular weight excluding hydrogens is 233 g/mol. The summed E-state index contributed by atoms with van der Waals surface area (Å²) in [6.07, 6.45) is 3.65. The second-order valence-electron chi connectivity index (χ2n) is 5.02. The molecule has 0 nitrogen and oxygen atoms in total. The van der Waals surface area contributed by atoms with Gasteiger partial charge in [0.25, 0.3) is 0 Å².